The minimum absolute atomic E-state index is 0.101. The van der Waals surface area contributed by atoms with Crippen molar-refractivity contribution in [2.75, 3.05) is 19.0 Å². The number of rotatable bonds is 8. The molecule has 1 rings (SSSR count). The number of anilines is 1. The molecule has 0 aliphatic carbocycles. The van der Waals surface area contributed by atoms with E-state index in [0.717, 1.165) is 0 Å². The van der Waals surface area contributed by atoms with Crippen molar-refractivity contribution in [3.05, 3.63) is 40.1 Å². The van der Waals surface area contributed by atoms with Crippen LogP contribution in [0.15, 0.2) is 30.0 Å². The van der Waals surface area contributed by atoms with E-state index < -0.39 is 10.8 Å². The lowest BCUT2D eigenvalue weighted by Crippen LogP contribution is -2.28. The number of methoxy groups -OCH3 is 1. The number of aliphatic hydroxyl groups excluding tert-OH is 1. The molecular formula is C15H18N4O5. The monoisotopic (exact) mass is 334 g/mol. The summed E-state index contributed by atoms with van der Waals surface area (Å²) >= 11 is 0. The summed E-state index contributed by atoms with van der Waals surface area (Å²) < 4.78 is 5.01. The third-order valence-electron chi connectivity index (χ3n) is 3.19. The molecule has 9 heteroatoms. The minimum atomic E-state index is -0.704. The van der Waals surface area contributed by atoms with Gasteiger partial charge in [-0.3, -0.25) is 14.9 Å². The second kappa shape index (κ2) is 9.12. The van der Waals surface area contributed by atoms with Crippen LogP contribution in [-0.4, -0.2) is 35.7 Å². The Morgan fingerprint density at radius 2 is 2.29 bits per heavy atom. The molecule has 0 aromatic heterocycles. The maximum Gasteiger partial charge on any atom is 0.273 e. The number of nitro benzene ring substituents is 1. The van der Waals surface area contributed by atoms with Crippen molar-refractivity contribution < 1.29 is 19.6 Å². The summed E-state index contributed by atoms with van der Waals surface area (Å²) in [4.78, 5) is 22.3. The first-order valence-corrected chi connectivity index (χ1v) is 7.07. The smallest absolute Gasteiger partial charge is 0.273 e. The first-order valence-electron chi connectivity index (χ1n) is 7.07. The molecule has 0 aliphatic heterocycles. The predicted molar refractivity (Wildman–Crippen MR) is 86.3 cm³/mol. The van der Waals surface area contributed by atoms with E-state index in [2.05, 4.69) is 10.6 Å². The molecule has 0 heterocycles. The van der Waals surface area contributed by atoms with Crippen molar-refractivity contribution in [1.29, 1.82) is 5.26 Å². The summed E-state index contributed by atoms with van der Waals surface area (Å²) in [6, 6.07) is 5.18. The largest absolute Gasteiger partial charge is 0.494 e. The van der Waals surface area contributed by atoms with Gasteiger partial charge >= 0.3 is 0 Å². The summed E-state index contributed by atoms with van der Waals surface area (Å²) in [5.74, 6) is -0.602. The van der Waals surface area contributed by atoms with E-state index in [-0.39, 0.29) is 35.3 Å². The molecule has 0 aliphatic rings. The van der Waals surface area contributed by atoms with Crippen LogP contribution in [0.1, 0.15) is 13.3 Å². The van der Waals surface area contributed by atoms with E-state index >= 15 is 0 Å². The quantitative estimate of drug-likeness (QED) is 0.282. The second-order valence-corrected chi connectivity index (χ2v) is 4.72. The summed E-state index contributed by atoms with van der Waals surface area (Å²) in [5, 5.41) is 34.1. The number of hydrogen-bond acceptors (Lipinski definition) is 7. The molecule has 0 saturated heterocycles. The van der Waals surface area contributed by atoms with Crippen LogP contribution in [0.3, 0.4) is 0 Å². The number of benzene rings is 1. The highest BCUT2D eigenvalue weighted by Gasteiger charge is 2.16. The Balaban J connectivity index is 2.94. The first kappa shape index (κ1) is 18.9. The van der Waals surface area contributed by atoms with Crippen LogP contribution < -0.4 is 15.4 Å². The molecule has 1 atom stereocenters. The molecule has 1 amide bonds. The molecule has 24 heavy (non-hydrogen) atoms. The van der Waals surface area contributed by atoms with Gasteiger partial charge in [-0.1, -0.05) is 6.92 Å². The van der Waals surface area contributed by atoms with Crippen molar-refractivity contribution in [1.82, 2.24) is 5.32 Å². The van der Waals surface area contributed by atoms with Gasteiger partial charge in [0.2, 0.25) is 0 Å². The molecule has 1 aromatic carbocycles. The van der Waals surface area contributed by atoms with Crippen LogP contribution in [0.25, 0.3) is 0 Å². The summed E-state index contributed by atoms with van der Waals surface area (Å²) in [5.41, 5.74) is -0.193. The number of nitrogens with one attached hydrogen (secondary N) is 2. The Bertz CT molecular complexity index is 677. The van der Waals surface area contributed by atoms with Gasteiger partial charge in [0.1, 0.15) is 17.4 Å². The van der Waals surface area contributed by atoms with E-state index in [1.54, 1.807) is 6.07 Å². The number of carbonyl (C=O) groups excluding carboxylic acids is 1. The van der Waals surface area contributed by atoms with Gasteiger partial charge in [0.15, 0.2) is 0 Å². The van der Waals surface area contributed by atoms with Gasteiger partial charge in [0, 0.05) is 18.3 Å². The number of aliphatic hydroxyl groups is 1. The van der Waals surface area contributed by atoms with E-state index in [4.69, 9.17) is 15.1 Å². The van der Waals surface area contributed by atoms with Crippen LogP contribution in [0.2, 0.25) is 0 Å². The molecule has 0 saturated carbocycles. The SMILES string of the molecule is CCC(CO)N/C=C(/C#N)C(=O)Nc1ccc([N+](=O)[O-])cc1OC. The fourth-order valence-electron chi connectivity index (χ4n) is 1.74. The lowest BCUT2D eigenvalue weighted by atomic mass is 10.2. The Kier molecular flexibility index (Phi) is 7.19. The first-order chi connectivity index (χ1) is 11.5. The van der Waals surface area contributed by atoms with Crippen molar-refractivity contribution >= 4 is 17.3 Å². The number of hydrogen-bond donors (Lipinski definition) is 3. The third-order valence-corrected chi connectivity index (χ3v) is 3.19. The Morgan fingerprint density at radius 3 is 2.79 bits per heavy atom. The van der Waals surface area contributed by atoms with E-state index in [1.165, 1.54) is 31.5 Å². The Morgan fingerprint density at radius 1 is 1.58 bits per heavy atom. The zero-order chi connectivity index (χ0) is 18.1. The van der Waals surface area contributed by atoms with Crippen LogP contribution in [0, 0.1) is 21.4 Å². The topological polar surface area (TPSA) is 138 Å². The van der Waals surface area contributed by atoms with Crippen LogP contribution in [0.5, 0.6) is 5.75 Å². The Hall–Kier alpha value is -3.12. The average Bonchev–Trinajstić information content (AvgIpc) is 2.58. The molecule has 0 radical (unpaired) electrons. The molecule has 0 spiro atoms. The number of nitriles is 1. The maximum absolute atomic E-state index is 12.1. The number of non-ortho nitro benzene ring substituents is 1. The number of carbonyl (C=O) groups is 1. The third kappa shape index (κ3) is 4.96. The highest BCUT2D eigenvalue weighted by Crippen LogP contribution is 2.29. The summed E-state index contributed by atoms with van der Waals surface area (Å²) in [6.07, 6.45) is 1.83. The lowest BCUT2D eigenvalue weighted by molar-refractivity contribution is -0.384. The molecular weight excluding hydrogens is 316 g/mol. The number of ether oxygens (including phenoxy) is 1. The van der Waals surface area contributed by atoms with Gasteiger partial charge in [-0.25, -0.2) is 0 Å². The van der Waals surface area contributed by atoms with E-state index in [0.29, 0.717) is 6.42 Å². The van der Waals surface area contributed by atoms with Crippen molar-refractivity contribution in [3.8, 4) is 11.8 Å². The highest BCUT2D eigenvalue weighted by atomic mass is 16.6. The van der Waals surface area contributed by atoms with E-state index in [9.17, 15) is 14.9 Å². The number of amides is 1. The van der Waals surface area contributed by atoms with Crippen LogP contribution in [-0.2, 0) is 4.79 Å². The predicted octanol–water partition coefficient (Wildman–Crippen LogP) is 1.31. The molecule has 128 valence electrons. The highest BCUT2D eigenvalue weighted by molar-refractivity contribution is 6.07. The van der Waals surface area contributed by atoms with Gasteiger partial charge in [-0.05, 0) is 12.5 Å². The van der Waals surface area contributed by atoms with Crippen molar-refractivity contribution in [2.24, 2.45) is 0 Å². The zero-order valence-corrected chi connectivity index (χ0v) is 13.3. The molecule has 0 bridgehead atoms. The molecule has 1 aromatic rings. The van der Waals surface area contributed by atoms with Gasteiger partial charge < -0.3 is 20.5 Å². The summed E-state index contributed by atoms with van der Waals surface area (Å²) in [7, 11) is 1.31. The van der Waals surface area contributed by atoms with E-state index in [1.807, 2.05) is 6.92 Å². The van der Waals surface area contributed by atoms with Crippen molar-refractivity contribution in [2.45, 2.75) is 19.4 Å². The number of nitro groups is 1. The van der Waals surface area contributed by atoms with Crippen LogP contribution >= 0.6 is 0 Å². The van der Waals surface area contributed by atoms with Gasteiger partial charge in [-0.15, -0.1) is 0 Å². The molecule has 3 N–H and O–H groups in total. The molecule has 0 fully saturated rings. The molecule has 1 unspecified atom stereocenters. The van der Waals surface area contributed by atoms with Crippen LogP contribution in [0.4, 0.5) is 11.4 Å². The zero-order valence-electron chi connectivity index (χ0n) is 13.3. The van der Waals surface area contributed by atoms with Crippen molar-refractivity contribution in [3.63, 3.8) is 0 Å². The normalized spacial score (nSPS) is 12.0. The minimum Gasteiger partial charge on any atom is -0.494 e. The maximum atomic E-state index is 12.1. The molecule has 9 nitrogen and oxygen atoms in total. The van der Waals surface area contributed by atoms with Gasteiger partial charge in [0.05, 0.1) is 30.4 Å². The Labute approximate surface area is 138 Å². The fourth-order valence-corrected chi connectivity index (χ4v) is 1.74. The average molecular weight is 334 g/mol. The van der Waals surface area contributed by atoms with Gasteiger partial charge in [-0.2, -0.15) is 5.26 Å². The fraction of sp³-hybridized carbons (Fsp3) is 0.333. The van der Waals surface area contributed by atoms with Gasteiger partial charge in [0.25, 0.3) is 11.6 Å². The second-order valence-electron chi connectivity index (χ2n) is 4.72. The standard InChI is InChI=1S/C15H18N4O5/c1-3-11(9-20)17-8-10(7-16)15(21)18-13-5-4-12(19(22)23)6-14(13)24-2/h4-6,8,11,17,20H,3,9H2,1-2H3,(H,18,21)/b10-8-. The lowest BCUT2D eigenvalue weighted by Gasteiger charge is -2.12. The summed E-state index contributed by atoms with van der Waals surface area (Å²) in [6.45, 7) is 1.71. The number of nitrogens with zero attached hydrogens (tertiary/aromatic N) is 2.